The molecule has 110 valence electrons. The number of carboxylic acids is 1. The molecule has 0 spiro atoms. The van der Waals surface area contributed by atoms with Crippen LogP contribution >= 0.6 is 0 Å². The molecule has 7 nitrogen and oxygen atoms in total. The third-order valence-corrected chi connectivity index (χ3v) is 2.87. The third kappa shape index (κ3) is 3.65. The van der Waals surface area contributed by atoms with Crippen molar-refractivity contribution < 1.29 is 19.4 Å². The molecular formula is C14H15N3O4. The van der Waals surface area contributed by atoms with Crippen molar-refractivity contribution in [3.8, 4) is 12.0 Å². The van der Waals surface area contributed by atoms with Crippen LogP contribution in [0.2, 0.25) is 0 Å². The molecule has 2 rings (SSSR count). The van der Waals surface area contributed by atoms with Crippen molar-refractivity contribution in [1.82, 2.24) is 15.0 Å². The molecule has 0 radical (unpaired) electrons. The van der Waals surface area contributed by atoms with Crippen molar-refractivity contribution in [1.29, 1.82) is 0 Å². The molecule has 1 aromatic carbocycles. The summed E-state index contributed by atoms with van der Waals surface area (Å²) in [5, 5.41) is 9.43. The van der Waals surface area contributed by atoms with Crippen LogP contribution in [0.5, 0.6) is 12.0 Å². The molecule has 0 fully saturated rings. The average molecular weight is 289 g/mol. The summed E-state index contributed by atoms with van der Waals surface area (Å²) < 4.78 is 9.88. The zero-order valence-electron chi connectivity index (χ0n) is 11.7. The van der Waals surface area contributed by atoms with E-state index in [0.717, 1.165) is 5.56 Å². The van der Waals surface area contributed by atoms with Crippen LogP contribution in [0.3, 0.4) is 0 Å². The van der Waals surface area contributed by atoms with Crippen LogP contribution in [-0.4, -0.2) is 40.2 Å². The highest BCUT2D eigenvalue weighted by Gasteiger charge is 2.25. The smallest absolute Gasteiger partial charge is 0.322 e. The standard InChI is InChI=1S/C14H15N3O4/c1-20-13-15-11(16-14(17-13)21-2)10(12(18)19)8-9-6-4-3-5-7-9/h3-7,10H,8H2,1-2H3,(H,18,19). The Morgan fingerprint density at radius 1 is 1.10 bits per heavy atom. The van der Waals surface area contributed by atoms with E-state index in [1.807, 2.05) is 30.3 Å². The largest absolute Gasteiger partial charge is 0.481 e. The summed E-state index contributed by atoms with van der Waals surface area (Å²) in [6, 6.07) is 9.32. The molecule has 0 aliphatic carbocycles. The minimum absolute atomic E-state index is 0.0242. The number of carboxylic acid groups (broad SMARTS) is 1. The van der Waals surface area contributed by atoms with Gasteiger partial charge in [0.15, 0.2) is 5.82 Å². The Kier molecular flexibility index (Phi) is 4.65. The van der Waals surface area contributed by atoms with Crippen LogP contribution in [0.1, 0.15) is 17.3 Å². The molecule has 1 atom stereocenters. The van der Waals surface area contributed by atoms with Gasteiger partial charge >= 0.3 is 18.0 Å². The zero-order chi connectivity index (χ0) is 15.2. The molecule has 21 heavy (non-hydrogen) atoms. The van der Waals surface area contributed by atoms with Crippen molar-refractivity contribution in [2.24, 2.45) is 0 Å². The van der Waals surface area contributed by atoms with Gasteiger partial charge in [-0.1, -0.05) is 30.3 Å². The molecule has 1 aromatic heterocycles. The molecule has 1 heterocycles. The first-order valence-electron chi connectivity index (χ1n) is 6.24. The lowest BCUT2D eigenvalue weighted by atomic mass is 9.99. The molecule has 0 saturated carbocycles. The molecule has 1 unspecified atom stereocenters. The van der Waals surface area contributed by atoms with Gasteiger partial charge in [0.25, 0.3) is 0 Å². The van der Waals surface area contributed by atoms with Gasteiger partial charge in [-0.3, -0.25) is 4.79 Å². The van der Waals surface area contributed by atoms with Gasteiger partial charge in [-0.25, -0.2) is 0 Å². The van der Waals surface area contributed by atoms with E-state index in [1.54, 1.807) is 0 Å². The van der Waals surface area contributed by atoms with Crippen molar-refractivity contribution in [2.45, 2.75) is 12.3 Å². The van der Waals surface area contributed by atoms with E-state index in [2.05, 4.69) is 15.0 Å². The molecular weight excluding hydrogens is 274 g/mol. The highest BCUT2D eigenvalue weighted by molar-refractivity contribution is 5.75. The second-order valence-electron chi connectivity index (χ2n) is 4.25. The first-order valence-corrected chi connectivity index (χ1v) is 6.24. The first-order chi connectivity index (χ1) is 10.1. The lowest BCUT2D eigenvalue weighted by Crippen LogP contribution is -2.18. The number of benzene rings is 1. The van der Waals surface area contributed by atoms with E-state index in [0.29, 0.717) is 0 Å². The number of ether oxygens (including phenoxy) is 2. The summed E-state index contributed by atoms with van der Waals surface area (Å²) in [5.41, 5.74) is 0.878. The average Bonchev–Trinajstić information content (AvgIpc) is 2.52. The van der Waals surface area contributed by atoms with Gasteiger partial charge in [0.1, 0.15) is 5.92 Å². The second kappa shape index (κ2) is 6.65. The Bertz CT molecular complexity index is 597. The van der Waals surface area contributed by atoms with E-state index >= 15 is 0 Å². The van der Waals surface area contributed by atoms with Crippen LogP contribution in [0.4, 0.5) is 0 Å². The van der Waals surface area contributed by atoms with Gasteiger partial charge in [0, 0.05) is 0 Å². The number of rotatable bonds is 6. The van der Waals surface area contributed by atoms with Crippen LogP contribution in [0.15, 0.2) is 30.3 Å². The van der Waals surface area contributed by atoms with Crippen molar-refractivity contribution >= 4 is 5.97 Å². The molecule has 0 saturated heterocycles. The maximum atomic E-state index is 11.5. The van der Waals surface area contributed by atoms with Crippen LogP contribution in [-0.2, 0) is 11.2 Å². The van der Waals surface area contributed by atoms with Gasteiger partial charge in [0.2, 0.25) is 0 Å². The molecule has 0 aliphatic rings. The number of hydrogen-bond acceptors (Lipinski definition) is 6. The zero-order valence-corrected chi connectivity index (χ0v) is 11.7. The van der Waals surface area contributed by atoms with Crippen LogP contribution in [0.25, 0.3) is 0 Å². The minimum Gasteiger partial charge on any atom is -0.481 e. The third-order valence-electron chi connectivity index (χ3n) is 2.87. The highest BCUT2D eigenvalue weighted by Crippen LogP contribution is 2.21. The number of carbonyl (C=O) groups is 1. The summed E-state index contributed by atoms with van der Waals surface area (Å²) in [7, 11) is 2.79. The van der Waals surface area contributed by atoms with Gasteiger partial charge in [-0.2, -0.15) is 9.97 Å². The predicted molar refractivity (Wildman–Crippen MR) is 73.5 cm³/mol. The fraction of sp³-hybridized carbons (Fsp3) is 0.286. The number of methoxy groups -OCH3 is 2. The summed E-state index contributed by atoms with van der Waals surface area (Å²) in [4.78, 5) is 23.4. The molecule has 7 heteroatoms. The van der Waals surface area contributed by atoms with E-state index in [1.165, 1.54) is 14.2 Å². The second-order valence-corrected chi connectivity index (χ2v) is 4.25. The number of aromatic nitrogens is 3. The Morgan fingerprint density at radius 3 is 2.14 bits per heavy atom. The Morgan fingerprint density at radius 2 is 1.67 bits per heavy atom. The summed E-state index contributed by atoms with van der Waals surface area (Å²) >= 11 is 0. The van der Waals surface area contributed by atoms with Gasteiger partial charge < -0.3 is 14.6 Å². The quantitative estimate of drug-likeness (QED) is 0.856. The molecule has 1 N–H and O–H groups in total. The summed E-state index contributed by atoms with van der Waals surface area (Å²) in [5.74, 6) is -1.82. The monoisotopic (exact) mass is 289 g/mol. The normalized spacial score (nSPS) is 11.7. The topological polar surface area (TPSA) is 94.4 Å². The van der Waals surface area contributed by atoms with E-state index in [-0.39, 0.29) is 24.3 Å². The number of hydrogen-bond donors (Lipinski definition) is 1. The Labute approximate surface area is 121 Å². The minimum atomic E-state index is -1.02. The summed E-state index contributed by atoms with van der Waals surface area (Å²) in [6.07, 6.45) is 0.270. The van der Waals surface area contributed by atoms with Crippen LogP contribution < -0.4 is 9.47 Å². The van der Waals surface area contributed by atoms with Crippen molar-refractivity contribution in [3.63, 3.8) is 0 Å². The fourth-order valence-electron chi connectivity index (χ4n) is 1.83. The Balaban J connectivity index is 2.36. The van der Waals surface area contributed by atoms with Crippen LogP contribution in [0, 0.1) is 0 Å². The van der Waals surface area contributed by atoms with E-state index in [9.17, 15) is 9.90 Å². The highest BCUT2D eigenvalue weighted by atomic mass is 16.5. The molecule has 2 aromatic rings. The van der Waals surface area contributed by atoms with Gasteiger partial charge in [0.05, 0.1) is 14.2 Å². The number of aliphatic carboxylic acids is 1. The molecule has 0 aliphatic heterocycles. The summed E-state index contributed by atoms with van der Waals surface area (Å²) in [6.45, 7) is 0. The fourth-order valence-corrected chi connectivity index (χ4v) is 1.83. The Hall–Kier alpha value is -2.70. The molecule has 0 bridgehead atoms. The van der Waals surface area contributed by atoms with Gasteiger partial charge in [-0.15, -0.1) is 4.98 Å². The molecule has 0 amide bonds. The SMILES string of the molecule is COc1nc(OC)nc(C(Cc2ccccc2)C(=O)O)n1. The number of nitrogens with zero attached hydrogens (tertiary/aromatic N) is 3. The predicted octanol–water partition coefficient (Wildman–Crippen LogP) is 1.30. The van der Waals surface area contributed by atoms with E-state index in [4.69, 9.17) is 9.47 Å². The van der Waals surface area contributed by atoms with Gasteiger partial charge in [-0.05, 0) is 12.0 Å². The lowest BCUT2D eigenvalue weighted by Gasteiger charge is -2.12. The maximum absolute atomic E-state index is 11.5. The first kappa shape index (κ1) is 14.7. The maximum Gasteiger partial charge on any atom is 0.322 e. The lowest BCUT2D eigenvalue weighted by molar-refractivity contribution is -0.139. The van der Waals surface area contributed by atoms with Crippen molar-refractivity contribution in [2.75, 3.05) is 14.2 Å². The van der Waals surface area contributed by atoms with Crippen molar-refractivity contribution in [3.05, 3.63) is 41.7 Å². The van der Waals surface area contributed by atoms with E-state index < -0.39 is 11.9 Å².